The van der Waals surface area contributed by atoms with Gasteiger partial charge in [-0.15, -0.1) is 0 Å². The molecule has 0 bridgehead atoms. The molecule has 7 heteroatoms. The fourth-order valence-corrected chi connectivity index (χ4v) is 1.73. The first-order chi connectivity index (χ1) is 10.5. The molecule has 1 aromatic carbocycles. The van der Waals surface area contributed by atoms with Crippen molar-refractivity contribution in [2.45, 2.75) is 19.1 Å². The second-order valence-electron chi connectivity index (χ2n) is 4.61. The van der Waals surface area contributed by atoms with E-state index in [-0.39, 0.29) is 12.3 Å². The fourth-order valence-electron chi connectivity index (χ4n) is 1.73. The first-order valence-corrected chi connectivity index (χ1v) is 6.58. The highest BCUT2D eigenvalue weighted by atomic mass is 19.2. The average molecular weight is 311 g/mol. The van der Waals surface area contributed by atoms with Crippen LogP contribution in [0.15, 0.2) is 41.0 Å². The van der Waals surface area contributed by atoms with Gasteiger partial charge in [-0.1, -0.05) is 0 Å². The lowest BCUT2D eigenvalue weighted by Crippen LogP contribution is -2.38. The summed E-state index contributed by atoms with van der Waals surface area (Å²) in [4.78, 5) is 11.8. The van der Waals surface area contributed by atoms with E-state index in [1.54, 1.807) is 12.1 Å². The first-order valence-electron chi connectivity index (χ1n) is 6.58. The van der Waals surface area contributed by atoms with Gasteiger partial charge in [-0.3, -0.25) is 4.79 Å². The number of carbonyl (C=O) groups is 1. The zero-order valence-electron chi connectivity index (χ0n) is 11.8. The molecule has 2 rings (SSSR count). The highest BCUT2D eigenvalue weighted by molar-refractivity contribution is 5.80. The van der Waals surface area contributed by atoms with Crippen LogP contribution in [0, 0.1) is 11.6 Å². The molecule has 2 N–H and O–H groups in total. The van der Waals surface area contributed by atoms with Crippen molar-refractivity contribution in [2.24, 2.45) is 0 Å². The first kappa shape index (κ1) is 16.0. The van der Waals surface area contributed by atoms with Crippen molar-refractivity contribution in [1.29, 1.82) is 0 Å². The van der Waals surface area contributed by atoms with E-state index in [0.29, 0.717) is 5.76 Å². The van der Waals surface area contributed by atoms with Crippen LogP contribution >= 0.6 is 0 Å². The van der Waals surface area contributed by atoms with Crippen molar-refractivity contribution in [2.75, 3.05) is 6.54 Å². The Balaban J connectivity index is 1.85. The van der Waals surface area contributed by atoms with Crippen LogP contribution in [-0.2, 0) is 4.79 Å². The van der Waals surface area contributed by atoms with E-state index in [9.17, 15) is 18.7 Å². The van der Waals surface area contributed by atoms with Gasteiger partial charge < -0.3 is 19.6 Å². The van der Waals surface area contributed by atoms with Crippen LogP contribution in [0.25, 0.3) is 0 Å². The van der Waals surface area contributed by atoms with Gasteiger partial charge in [0.25, 0.3) is 5.91 Å². The Kier molecular flexibility index (Phi) is 5.11. The van der Waals surface area contributed by atoms with E-state index in [1.165, 1.54) is 19.3 Å². The van der Waals surface area contributed by atoms with Gasteiger partial charge in [0.2, 0.25) is 0 Å². The number of benzene rings is 1. The number of amides is 1. The number of furan rings is 1. The fraction of sp³-hybridized carbons (Fsp3) is 0.267. The van der Waals surface area contributed by atoms with Crippen molar-refractivity contribution >= 4 is 5.91 Å². The van der Waals surface area contributed by atoms with Gasteiger partial charge in [-0.05, 0) is 31.2 Å². The van der Waals surface area contributed by atoms with Crippen molar-refractivity contribution in [3.05, 3.63) is 54.0 Å². The number of aliphatic hydroxyl groups is 1. The van der Waals surface area contributed by atoms with Crippen molar-refractivity contribution in [3.8, 4) is 5.75 Å². The molecule has 0 saturated heterocycles. The Morgan fingerprint density at radius 1 is 1.36 bits per heavy atom. The topological polar surface area (TPSA) is 71.7 Å². The number of aliphatic hydroxyl groups excluding tert-OH is 1. The normalized spacial score (nSPS) is 13.5. The molecule has 0 fully saturated rings. The SMILES string of the molecule is CC(Oc1ccc(F)c(F)c1)C(=O)NCC(O)c1ccco1. The summed E-state index contributed by atoms with van der Waals surface area (Å²) in [7, 11) is 0. The molecule has 1 heterocycles. The summed E-state index contributed by atoms with van der Waals surface area (Å²) in [5.74, 6) is -2.19. The summed E-state index contributed by atoms with van der Waals surface area (Å²) >= 11 is 0. The van der Waals surface area contributed by atoms with Gasteiger partial charge in [0.15, 0.2) is 17.7 Å². The van der Waals surface area contributed by atoms with E-state index in [0.717, 1.165) is 12.1 Å². The Hall–Kier alpha value is -2.41. The maximum Gasteiger partial charge on any atom is 0.260 e. The predicted octanol–water partition coefficient (Wildman–Crippen LogP) is 2.17. The second kappa shape index (κ2) is 7.04. The molecule has 118 valence electrons. The minimum absolute atomic E-state index is 0.0353. The highest BCUT2D eigenvalue weighted by Gasteiger charge is 2.18. The largest absolute Gasteiger partial charge is 0.481 e. The standard InChI is InChI=1S/C15H15F2NO4/c1-9(22-10-4-5-11(16)12(17)7-10)15(20)18-8-13(19)14-3-2-6-21-14/h2-7,9,13,19H,8H2,1H3,(H,18,20). The Morgan fingerprint density at radius 3 is 2.77 bits per heavy atom. The second-order valence-corrected chi connectivity index (χ2v) is 4.61. The molecule has 0 aliphatic rings. The van der Waals surface area contributed by atoms with Crippen molar-refractivity contribution < 1.29 is 27.8 Å². The molecule has 1 amide bonds. The molecule has 0 radical (unpaired) electrons. The Labute approximate surface area is 125 Å². The average Bonchev–Trinajstić information content (AvgIpc) is 3.02. The number of halogens is 2. The van der Waals surface area contributed by atoms with Gasteiger partial charge in [0.05, 0.1) is 12.8 Å². The smallest absolute Gasteiger partial charge is 0.260 e. The lowest BCUT2D eigenvalue weighted by molar-refractivity contribution is -0.127. The third-order valence-corrected chi connectivity index (χ3v) is 2.91. The van der Waals surface area contributed by atoms with Crippen LogP contribution in [0.3, 0.4) is 0 Å². The molecule has 22 heavy (non-hydrogen) atoms. The van der Waals surface area contributed by atoms with Crippen LogP contribution in [0.2, 0.25) is 0 Å². The van der Waals surface area contributed by atoms with Crippen LogP contribution in [-0.4, -0.2) is 23.7 Å². The van der Waals surface area contributed by atoms with Gasteiger partial charge in [0, 0.05) is 6.07 Å². The van der Waals surface area contributed by atoms with Crippen LogP contribution in [0.4, 0.5) is 8.78 Å². The third kappa shape index (κ3) is 4.05. The third-order valence-electron chi connectivity index (χ3n) is 2.91. The minimum Gasteiger partial charge on any atom is -0.481 e. The number of ether oxygens (including phenoxy) is 1. The summed E-state index contributed by atoms with van der Waals surface area (Å²) in [6.07, 6.45) is -0.502. The molecule has 2 unspecified atom stereocenters. The van der Waals surface area contributed by atoms with E-state index in [4.69, 9.17) is 9.15 Å². The number of rotatable bonds is 6. The van der Waals surface area contributed by atoms with E-state index in [1.807, 2.05) is 0 Å². The number of carbonyl (C=O) groups excluding carboxylic acids is 1. The molecule has 2 atom stereocenters. The lowest BCUT2D eigenvalue weighted by Gasteiger charge is -2.16. The maximum absolute atomic E-state index is 13.0. The predicted molar refractivity (Wildman–Crippen MR) is 73.1 cm³/mol. The summed E-state index contributed by atoms with van der Waals surface area (Å²) in [5, 5.41) is 12.2. The lowest BCUT2D eigenvalue weighted by atomic mass is 10.2. The molecule has 1 aromatic heterocycles. The van der Waals surface area contributed by atoms with Crippen molar-refractivity contribution in [1.82, 2.24) is 5.32 Å². The number of hydrogen-bond donors (Lipinski definition) is 2. The monoisotopic (exact) mass is 311 g/mol. The van der Waals surface area contributed by atoms with Crippen LogP contribution in [0.1, 0.15) is 18.8 Å². The molecule has 0 aliphatic heterocycles. The van der Waals surface area contributed by atoms with Crippen molar-refractivity contribution in [3.63, 3.8) is 0 Å². The Bertz CT molecular complexity index is 630. The Morgan fingerprint density at radius 2 is 2.14 bits per heavy atom. The molecule has 0 saturated carbocycles. The number of hydrogen-bond acceptors (Lipinski definition) is 4. The minimum atomic E-state index is -1.06. The highest BCUT2D eigenvalue weighted by Crippen LogP contribution is 2.17. The summed E-state index contributed by atoms with van der Waals surface area (Å²) in [6.45, 7) is 1.40. The molecular formula is C15H15F2NO4. The van der Waals surface area contributed by atoms with Gasteiger partial charge in [-0.2, -0.15) is 0 Å². The maximum atomic E-state index is 13.0. The zero-order valence-corrected chi connectivity index (χ0v) is 11.8. The summed E-state index contributed by atoms with van der Waals surface area (Å²) < 4.78 is 36.0. The van der Waals surface area contributed by atoms with Gasteiger partial charge in [0.1, 0.15) is 17.6 Å². The zero-order chi connectivity index (χ0) is 16.1. The summed E-state index contributed by atoms with van der Waals surface area (Å²) in [5.41, 5.74) is 0. The molecule has 0 aliphatic carbocycles. The number of nitrogens with one attached hydrogen (secondary N) is 1. The summed E-state index contributed by atoms with van der Waals surface area (Å²) in [6, 6.07) is 6.19. The molecule has 0 spiro atoms. The van der Waals surface area contributed by atoms with Gasteiger partial charge in [-0.25, -0.2) is 8.78 Å². The van der Waals surface area contributed by atoms with Gasteiger partial charge >= 0.3 is 0 Å². The van der Waals surface area contributed by atoms with Crippen LogP contribution < -0.4 is 10.1 Å². The van der Waals surface area contributed by atoms with E-state index < -0.39 is 29.7 Å². The molecular weight excluding hydrogens is 296 g/mol. The van der Waals surface area contributed by atoms with E-state index in [2.05, 4.69) is 5.32 Å². The molecule has 2 aromatic rings. The van der Waals surface area contributed by atoms with Crippen LogP contribution in [0.5, 0.6) is 5.75 Å². The molecule has 5 nitrogen and oxygen atoms in total. The van der Waals surface area contributed by atoms with E-state index >= 15 is 0 Å². The quantitative estimate of drug-likeness (QED) is 0.858.